The average molecular weight is 278 g/mol. The van der Waals surface area contributed by atoms with Crippen molar-refractivity contribution in [3.63, 3.8) is 0 Å². The van der Waals surface area contributed by atoms with E-state index in [2.05, 4.69) is 0 Å². The summed E-state index contributed by atoms with van der Waals surface area (Å²) in [6.07, 6.45) is 0. The molecule has 0 saturated heterocycles. The van der Waals surface area contributed by atoms with E-state index in [-0.39, 0.29) is 0 Å². The van der Waals surface area contributed by atoms with E-state index >= 15 is 0 Å². The lowest BCUT2D eigenvalue weighted by atomic mass is 9.58. The van der Waals surface area contributed by atoms with E-state index in [0.717, 1.165) is 0 Å². The summed E-state index contributed by atoms with van der Waals surface area (Å²) in [5.41, 5.74) is -1.97. The molecule has 2 atom stereocenters. The Morgan fingerprint density at radius 3 is 1.75 bits per heavy atom. The molecule has 3 heteroatoms. The molecule has 3 nitrogen and oxygen atoms in total. The van der Waals surface area contributed by atoms with Crippen LogP contribution < -0.4 is 0 Å². The summed E-state index contributed by atoms with van der Waals surface area (Å²) in [4.78, 5) is 11.9. The van der Waals surface area contributed by atoms with Gasteiger partial charge >= 0.3 is 5.97 Å². The molecule has 0 saturated carbocycles. The number of benzene rings is 1. The van der Waals surface area contributed by atoms with Gasteiger partial charge in [0.15, 0.2) is 0 Å². The number of carboxylic acids is 1. The molecule has 0 heterocycles. The molecule has 2 N–H and O–H groups in total. The third-order valence-electron chi connectivity index (χ3n) is 3.89. The van der Waals surface area contributed by atoms with Crippen LogP contribution >= 0.6 is 0 Å². The molecule has 0 aliphatic heterocycles. The van der Waals surface area contributed by atoms with Crippen LogP contribution in [0.5, 0.6) is 0 Å². The quantitative estimate of drug-likeness (QED) is 0.887. The van der Waals surface area contributed by atoms with Crippen molar-refractivity contribution in [2.75, 3.05) is 0 Å². The predicted molar refractivity (Wildman–Crippen MR) is 80.4 cm³/mol. The number of aliphatic hydroxyl groups is 1. The Hall–Kier alpha value is -1.35. The monoisotopic (exact) mass is 278 g/mol. The van der Waals surface area contributed by atoms with Crippen molar-refractivity contribution in [2.45, 2.75) is 47.1 Å². The van der Waals surface area contributed by atoms with Gasteiger partial charge in [-0.2, -0.15) is 0 Å². The van der Waals surface area contributed by atoms with Crippen molar-refractivity contribution in [3.8, 4) is 0 Å². The number of hydrogen-bond donors (Lipinski definition) is 2. The number of carbonyl (C=O) groups is 1. The van der Waals surface area contributed by atoms with Gasteiger partial charge in [-0.25, -0.2) is 0 Å². The summed E-state index contributed by atoms with van der Waals surface area (Å²) >= 11 is 0. The highest BCUT2D eigenvalue weighted by molar-refractivity contribution is 5.73. The zero-order valence-electron chi connectivity index (χ0n) is 13.3. The van der Waals surface area contributed by atoms with E-state index in [4.69, 9.17) is 0 Å². The summed E-state index contributed by atoms with van der Waals surface area (Å²) in [6, 6.07) is 9.11. The standard InChI is InChI=1S/C17H26O3/c1-15(2,3)13(14(18)19)17(20,16(4,5)6)12-10-8-7-9-11-12/h7-11,13,20H,1-6H3,(H,18,19). The van der Waals surface area contributed by atoms with E-state index in [0.29, 0.717) is 5.56 Å². The molecule has 20 heavy (non-hydrogen) atoms. The van der Waals surface area contributed by atoms with Crippen LogP contribution in [0.25, 0.3) is 0 Å². The third kappa shape index (κ3) is 2.88. The van der Waals surface area contributed by atoms with E-state index in [1.54, 1.807) is 12.1 Å². The Labute approximate surface area is 121 Å². The van der Waals surface area contributed by atoms with Crippen molar-refractivity contribution in [3.05, 3.63) is 35.9 Å². The molecular formula is C17H26O3. The van der Waals surface area contributed by atoms with Gasteiger partial charge in [-0.15, -0.1) is 0 Å². The molecule has 0 aliphatic rings. The number of hydrogen-bond acceptors (Lipinski definition) is 2. The third-order valence-corrected chi connectivity index (χ3v) is 3.89. The summed E-state index contributed by atoms with van der Waals surface area (Å²) in [5.74, 6) is -1.88. The van der Waals surface area contributed by atoms with Crippen molar-refractivity contribution in [1.29, 1.82) is 0 Å². The Kier molecular flexibility index (Phi) is 4.35. The molecular weight excluding hydrogens is 252 g/mol. The second-order valence-electron chi connectivity index (χ2n) is 7.52. The second-order valence-corrected chi connectivity index (χ2v) is 7.52. The number of carboxylic acid groups (broad SMARTS) is 1. The molecule has 1 aromatic rings. The molecule has 1 rings (SSSR count). The predicted octanol–water partition coefficient (Wildman–Crippen LogP) is 3.67. The van der Waals surface area contributed by atoms with Gasteiger partial charge in [-0.1, -0.05) is 71.9 Å². The van der Waals surface area contributed by atoms with Crippen molar-refractivity contribution in [1.82, 2.24) is 0 Å². The summed E-state index contributed by atoms with van der Waals surface area (Å²) in [5, 5.41) is 21.1. The first kappa shape index (κ1) is 16.7. The Morgan fingerprint density at radius 1 is 1.00 bits per heavy atom. The lowest BCUT2D eigenvalue weighted by molar-refractivity contribution is -0.181. The van der Waals surface area contributed by atoms with Crippen LogP contribution in [-0.4, -0.2) is 16.2 Å². The van der Waals surface area contributed by atoms with E-state index < -0.39 is 28.3 Å². The summed E-state index contributed by atoms with van der Waals surface area (Å²) in [6.45, 7) is 11.2. The fourth-order valence-corrected chi connectivity index (χ4v) is 2.90. The topological polar surface area (TPSA) is 57.5 Å². The summed E-state index contributed by atoms with van der Waals surface area (Å²) in [7, 11) is 0. The van der Waals surface area contributed by atoms with Gasteiger partial charge < -0.3 is 10.2 Å². The van der Waals surface area contributed by atoms with E-state index in [1.807, 2.05) is 59.7 Å². The van der Waals surface area contributed by atoms with Crippen LogP contribution in [-0.2, 0) is 10.4 Å². The minimum absolute atomic E-state index is 0.566. The van der Waals surface area contributed by atoms with Gasteiger partial charge in [0.1, 0.15) is 5.60 Å². The molecule has 0 spiro atoms. The first-order chi connectivity index (χ1) is 8.92. The van der Waals surface area contributed by atoms with Crippen LogP contribution in [0.4, 0.5) is 0 Å². The highest BCUT2D eigenvalue weighted by Gasteiger charge is 2.55. The minimum atomic E-state index is -1.45. The van der Waals surface area contributed by atoms with Crippen molar-refractivity contribution in [2.24, 2.45) is 16.7 Å². The lowest BCUT2D eigenvalue weighted by Gasteiger charge is -2.49. The summed E-state index contributed by atoms with van der Waals surface area (Å²) < 4.78 is 0. The zero-order valence-corrected chi connectivity index (χ0v) is 13.3. The maximum Gasteiger partial charge on any atom is 0.310 e. The molecule has 1 aromatic carbocycles. The van der Waals surface area contributed by atoms with Gasteiger partial charge in [-0.05, 0) is 16.4 Å². The number of rotatable bonds is 3. The minimum Gasteiger partial charge on any atom is -0.481 e. The van der Waals surface area contributed by atoms with Gasteiger partial charge in [0.2, 0.25) is 0 Å². The second kappa shape index (κ2) is 5.21. The van der Waals surface area contributed by atoms with Crippen LogP contribution in [0.1, 0.15) is 47.1 Å². The molecule has 0 aromatic heterocycles. The van der Waals surface area contributed by atoms with Gasteiger partial charge in [0.05, 0.1) is 5.92 Å². The van der Waals surface area contributed by atoms with Gasteiger partial charge in [0.25, 0.3) is 0 Å². The Balaban J connectivity index is 3.59. The van der Waals surface area contributed by atoms with Crippen LogP contribution in [0.15, 0.2) is 30.3 Å². The first-order valence-corrected chi connectivity index (χ1v) is 6.93. The van der Waals surface area contributed by atoms with Gasteiger partial charge in [0, 0.05) is 0 Å². The molecule has 0 radical (unpaired) electrons. The van der Waals surface area contributed by atoms with Gasteiger partial charge in [-0.3, -0.25) is 4.79 Å². The normalized spacial score (nSPS) is 17.4. The van der Waals surface area contributed by atoms with E-state index in [1.165, 1.54) is 0 Å². The number of aliphatic carboxylic acids is 1. The smallest absolute Gasteiger partial charge is 0.310 e. The molecule has 0 amide bonds. The largest absolute Gasteiger partial charge is 0.481 e. The molecule has 112 valence electrons. The molecule has 0 fully saturated rings. The lowest BCUT2D eigenvalue weighted by Crippen LogP contribution is -2.54. The SMILES string of the molecule is CC(C)(C)C(C(=O)O)C(O)(c1ccccc1)C(C)(C)C. The van der Waals surface area contributed by atoms with E-state index in [9.17, 15) is 15.0 Å². The first-order valence-electron chi connectivity index (χ1n) is 6.93. The zero-order chi connectivity index (χ0) is 15.8. The maximum atomic E-state index is 11.9. The fourth-order valence-electron chi connectivity index (χ4n) is 2.90. The molecule has 2 unspecified atom stereocenters. The fraction of sp³-hybridized carbons (Fsp3) is 0.588. The van der Waals surface area contributed by atoms with Crippen LogP contribution in [0, 0.1) is 16.7 Å². The van der Waals surface area contributed by atoms with Crippen LogP contribution in [0.2, 0.25) is 0 Å². The highest BCUT2D eigenvalue weighted by atomic mass is 16.4. The van der Waals surface area contributed by atoms with Crippen LogP contribution in [0.3, 0.4) is 0 Å². The molecule has 0 aliphatic carbocycles. The van der Waals surface area contributed by atoms with Crippen molar-refractivity contribution >= 4 is 5.97 Å². The van der Waals surface area contributed by atoms with Crippen molar-refractivity contribution < 1.29 is 15.0 Å². The average Bonchev–Trinajstić information content (AvgIpc) is 2.26. The highest BCUT2D eigenvalue weighted by Crippen LogP contribution is 2.51. The Bertz CT molecular complexity index is 465. The maximum absolute atomic E-state index is 11.9. The molecule has 0 bridgehead atoms. The Morgan fingerprint density at radius 2 is 1.45 bits per heavy atom.